The summed E-state index contributed by atoms with van der Waals surface area (Å²) in [5, 5.41) is 0. The summed E-state index contributed by atoms with van der Waals surface area (Å²) in [6.07, 6.45) is 0. The lowest BCUT2D eigenvalue weighted by Crippen LogP contribution is -2.35. The van der Waals surface area contributed by atoms with Crippen LogP contribution >= 0.6 is 55.8 Å². The van der Waals surface area contributed by atoms with Crippen molar-refractivity contribution in [2.24, 2.45) is 0 Å². The molecule has 0 bridgehead atoms. The number of benzene rings is 1. The summed E-state index contributed by atoms with van der Waals surface area (Å²) in [5.74, 6) is 0.727. The lowest BCUT2D eigenvalue weighted by Gasteiger charge is -2.24. The van der Waals surface area contributed by atoms with E-state index in [9.17, 15) is 4.79 Å². The van der Waals surface area contributed by atoms with E-state index in [0.29, 0.717) is 4.32 Å². The van der Waals surface area contributed by atoms with Crippen LogP contribution in [0.25, 0.3) is 0 Å². The summed E-state index contributed by atoms with van der Waals surface area (Å²) >= 11 is 13.6. The Morgan fingerprint density at radius 3 is 2.42 bits per heavy atom. The maximum Gasteiger partial charge on any atom is 0.256 e. The van der Waals surface area contributed by atoms with E-state index in [0.717, 1.165) is 11.3 Å². The molecule has 0 unspecified atom stereocenters. The van der Waals surface area contributed by atoms with Gasteiger partial charge in [-0.15, -0.1) is 0 Å². The molecule has 0 saturated carbocycles. The highest BCUT2D eigenvalue weighted by atomic mass is 79.9. The molecule has 19 heavy (non-hydrogen) atoms. The highest BCUT2D eigenvalue weighted by Gasteiger charge is 2.52. The van der Waals surface area contributed by atoms with E-state index >= 15 is 0 Å². The Hall–Kier alpha value is -0.110. The van der Waals surface area contributed by atoms with Gasteiger partial charge in [-0.25, -0.2) is 0 Å². The zero-order valence-corrected chi connectivity index (χ0v) is 15.0. The van der Waals surface area contributed by atoms with E-state index in [1.54, 1.807) is 14.2 Å². The molecule has 1 aliphatic heterocycles. The monoisotopic (exact) mass is 423 g/mol. The second-order valence-corrected chi connectivity index (χ2v) is 8.58. The number of thioether (sulfide) groups is 1. The molecular formula is C12H11Br2NO2S2. The number of halogens is 2. The standard InChI is InChI=1S/C12H11Br2NO2S2/c1-15-10(16)12(14,19-11(15)18)9(13)7-3-5-8(17-2)6-4-7/h3-6,9H,1-2H3/t9-,12+/m1/s1. The van der Waals surface area contributed by atoms with Gasteiger partial charge in [0.15, 0.2) is 3.66 Å². The van der Waals surface area contributed by atoms with Gasteiger partial charge >= 0.3 is 0 Å². The third kappa shape index (κ3) is 2.70. The van der Waals surface area contributed by atoms with Crippen LogP contribution in [0, 0.1) is 0 Å². The maximum absolute atomic E-state index is 12.3. The minimum absolute atomic E-state index is 0.0554. The summed E-state index contributed by atoms with van der Waals surface area (Å²) in [7, 11) is 3.31. The van der Waals surface area contributed by atoms with Crippen molar-refractivity contribution in [3.8, 4) is 5.75 Å². The smallest absolute Gasteiger partial charge is 0.256 e. The topological polar surface area (TPSA) is 29.5 Å². The average molecular weight is 425 g/mol. The minimum atomic E-state index is -0.798. The summed E-state index contributed by atoms with van der Waals surface area (Å²) in [4.78, 5) is 13.6. The van der Waals surface area contributed by atoms with Crippen LogP contribution in [0.1, 0.15) is 10.4 Å². The molecule has 0 radical (unpaired) electrons. The summed E-state index contributed by atoms with van der Waals surface area (Å²) < 4.78 is 4.90. The molecule has 3 nitrogen and oxygen atoms in total. The number of nitrogens with zero attached hydrogens (tertiary/aromatic N) is 1. The van der Waals surface area contributed by atoms with Crippen LogP contribution in [0.5, 0.6) is 5.75 Å². The maximum atomic E-state index is 12.3. The fourth-order valence-corrected chi connectivity index (χ4v) is 5.21. The van der Waals surface area contributed by atoms with E-state index in [2.05, 4.69) is 31.9 Å². The molecule has 102 valence electrons. The van der Waals surface area contributed by atoms with Crippen molar-refractivity contribution < 1.29 is 9.53 Å². The Bertz CT molecular complexity index is 523. The van der Waals surface area contributed by atoms with Crippen LogP contribution in [-0.4, -0.2) is 32.9 Å². The summed E-state index contributed by atoms with van der Waals surface area (Å²) in [6.45, 7) is 0. The van der Waals surface area contributed by atoms with Crippen LogP contribution in [0.15, 0.2) is 24.3 Å². The first-order valence-electron chi connectivity index (χ1n) is 5.38. The Labute approximate surface area is 138 Å². The minimum Gasteiger partial charge on any atom is -0.497 e. The second-order valence-electron chi connectivity index (χ2n) is 4.01. The third-order valence-corrected chi connectivity index (χ3v) is 7.94. The fraction of sp³-hybridized carbons (Fsp3) is 0.333. The number of amides is 1. The van der Waals surface area contributed by atoms with Crippen LogP contribution in [0.4, 0.5) is 0 Å². The normalized spacial score (nSPS) is 24.7. The molecular weight excluding hydrogens is 414 g/mol. The summed E-state index contributed by atoms with van der Waals surface area (Å²) in [6, 6.07) is 7.59. The Morgan fingerprint density at radius 1 is 1.42 bits per heavy atom. The lowest BCUT2D eigenvalue weighted by atomic mass is 10.1. The first-order chi connectivity index (χ1) is 8.90. The molecule has 2 atom stereocenters. The Kier molecular flexibility index (Phi) is 4.59. The molecule has 1 aromatic carbocycles. The molecule has 1 aromatic rings. The molecule has 0 aromatic heterocycles. The zero-order valence-electron chi connectivity index (χ0n) is 10.2. The number of carbonyl (C=O) groups excluding carboxylic acids is 1. The molecule has 0 aliphatic carbocycles. The van der Waals surface area contributed by atoms with E-state index < -0.39 is 3.66 Å². The molecule has 7 heteroatoms. The number of carbonyl (C=O) groups is 1. The van der Waals surface area contributed by atoms with Crippen LogP contribution in [0.2, 0.25) is 0 Å². The van der Waals surface area contributed by atoms with Crippen molar-refractivity contribution in [3.63, 3.8) is 0 Å². The number of methoxy groups -OCH3 is 1. The quantitative estimate of drug-likeness (QED) is 0.546. The van der Waals surface area contributed by atoms with Gasteiger partial charge in [-0.3, -0.25) is 9.69 Å². The van der Waals surface area contributed by atoms with E-state index in [1.165, 1.54) is 16.7 Å². The number of rotatable bonds is 3. The number of thiocarbonyl (C=S) groups is 1. The molecule has 1 heterocycles. The molecule has 1 aliphatic rings. The van der Waals surface area contributed by atoms with E-state index in [1.807, 2.05) is 24.3 Å². The van der Waals surface area contributed by atoms with Crippen molar-refractivity contribution in [3.05, 3.63) is 29.8 Å². The number of hydrogen-bond acceptors (Lipinski definition) is 4. The van der Waals surface area contributed by atoms with E-state index in [4.69, 9.17) is 17.0 Å². The molecule has 1 amide bonds. The zero-order chi connectivity index (χ0) is 14.2. The van der Waals surface area contributed by atoms with Crippen LogP contribution < -0.4 is 4.74 Å². The SMILES string of the molecule is COc1ccc([C@@H](Br)[C@]2(Br)SC(=S)N(C)C2=O)cc1. The van der Waals surface area contributed by atoms with Gasteiger partial charge in [0.05, 0.1) is 11.9 Å². The number of alkyl halides is 2. The fourth-order valence-electron chi connectivity index (χ4n) is 1.70. The molecule has 1 fully saturated rings. The van der Waals surface area contributed by atoms with Gasteiger partial charge < -0.3 is 4.74 Å². The van der Waals surface area contributed by atoms with Crippen LogP contribution in [-0.2, 0) is 4.79 Å². The third-order valence-electron chi connectivity index (χ3n) is 2.84. The Balaban J connectivity index is 2.30. The van der Waals surface area contributed by atoms with Crippen molar-refractivity contribution in [1.82, 2.24) is 4.90 Å². The second kappa shape index (κ2) is 5.71. The van der Waals surface area contributed by atoms with Crippen molar-refractivity contribution in [2.45, 2.75) is 8.48 Å². The lowest BCUT2D eigenvalue weighted by molar-refractivity contribution is -0.125. The van der Waals surface area contributed by atoms with Gasteiger partial charge in [0, 0.05) is 7.05 Å². The number of hydrogen-bond donors (Lipinski definition) is 0. The largest absolute Gasteiger partial charge is 0.497 e. The van der Waals surface area contributed by atoms with Gasteiger partial charge in [0.25, 0.3) is 5.91 Å². The van der Waals surface area contributed by atoms with E-state index in [-0.39, 0.29) is 10.7 Å². The van der Waals surface area contributed by atoms with Crippen molar-refractivity contribution in [2.75, 3.05) is 14.2 Å². The van der Waals surface area contributed by atoms with Gasteiger partial charge in [-0.2, -0.15) is 0 Å². The van der Waals surface area contributed by atoms with Gasteiger partial charge in [0.2, 0.25) is 0 Å². The van der Waals surface area contributed by atoms with Gasteiger partial charge in [0.1, 0.15) is 10.1 Å². The highest BCUT2D eigenvalue weighted by molar-refractivity contribution is 9.14. The average Bonchev–Trinajstić information content (AvgIpc) is 2.63. The van der Waals surface area contributed by atoms with Crippen LogP contribution in [0.3, 0.4) is 0 Å². The van der Waals surface area contributed by atoms with Crippen molar-refractivity contribution in [1.29, 1.82) is 0 Å². The molecule has 0 spiro atoms. The molecule has 0 N–H and O–H groups in total. The molecule has 1 saturated heterocycles. The first kappa shape index (κ1) is 15.3. The Morgan fingerprint density at radius 2 is 2.00 bits per heavy atom. The highest BCUT2D eigenvalue weighted by Crippen LogP contribution is 2.53. The first-order valence-corrected chi connectivity index (χ1v) is 8.31. The van der Waals surface area contributed by atoms with Crippen molar-refractivity contribution >= 4 is 66.1 Å². The predicted octanol–water partition coefficient (Wildman–Crippen LogP) is 3.71. The molecule has 2 rings (SSSR count). The predicted molar refractivity (Wildman–Crippen MR) is 89.3 cm³/mol. The van der Waals surface area contributed by atoms with Gasteiger partial charge in [-0.1, -0.05) is 68.0 Å². The number of ether oxygens (including phenoxy) is 1. The summed E-state index contributed by atoms with van der Waals surface area (Å²) in [5.41, 5.74) is 0.983. The van der Waals surface area contributed by atoms with Gasteiger partial charge in [-0.05, 0) is 17.7 Å².